The lowest BCUT2D eigenvalue weighted by Crippen LogP contribution is -2.52. The molecule has 2 aromatic carbocycles. The number of aromatic amines is 1. The summed E-state index contributed by atoms with van der Waals surface area (Å²) in [4.78, 5) is 55.4. The van der Waals surface area contributed by atoms with Crippen LogP contribution in [0.5, 0.6) is 5.75 Å². The van der Waals surface area contributed by atoms with Crippen LogP contribution < -0.4 is 25.6 Å². The van der Waals surface area contributed by atoms with Crippen molar-refractivity contribution >= 4 is 37.5 Å². The van der Waals surface area contributed by atoms with Crippen molar-refractivity contribution in [2.24, 2.45) is 5.92 Å². The van der Waals surface area contributed by atoms with E-state index in [4.69, 9.17) is 9.72 Å². The zero-order valence-electron chi connectivity index (χ0n) is 32.2. The first kappa shape index (κ1) is 40.2. The maximum absolute atomic E-state index is 13.8. The second-order valence-electron chi connectivity index (χ2n) is 15.3. The zero-order valence-corrected chi connectivity index (χ0v) is 33.2. The number of pyridine rings is 1. The minimum Gasteiger partial charge on any atom is -0.453 e. The number of nitrogens with zero attached hydrogens (tertiary/aromatic N) is 4. The van der Waals surface area contributed by atoms with Crippen LogP contribution in [0.3, 0.4) is 0 Å². The van der Waals surface area contributed by atoms with Crippen molar-refractivity contribution in [3.8, 4) is 28.1 Å². The van der Waals surface area contributed by atoms with Gasteiger partial charge in [0.1, 0.15) is 23.4 Å². The maximum Gasteiger partial charge on any atom is 0.573 e. The summed E-state index contributed by atoms with van der Waals surface area (Å²) in [6.07, 6.45) is -1.88. The number of alkyl halides is 3. The highest BCUT2D eigenvalue weighted by atomic mass is 28.3. The number of benzene rings is 2. The summed E-state index contributed by atoms with van der Waals surface area (Å²) in [7, 11) is -0.586. The molecule has 6 rings (SSSR count). The number of imidazole rings is 1. The van der Waals surface area contributed by atoms with Crippen LogP contribution in [0.4, 0.5) is 29.5 Å². The van der Waals surface area contributed by atoms with Gasteiger partial charge in [0.2, 0.25) is 5.91 Å². The highest BCUT2D eigenvalue weighted by Crippen LogP contribution is 2.39. The Bertz CT molecular complexity index is 2040. The molecule has 4 N–H and O–H groups in total. The van der Waals surface area contributed by atoms with E-state index >= 15 is 0 Å². The van der Waals surface area contributed by atoms with Crippen molar-refractivity contribution in [1.82, 2.24) is 30.5 Å². The molecule has 2 saturated heterocycles. The van der Waals surface area contributed by atoms with Crippen molar-refractivity contribution in [2.45, 2.75) is 64.4 Å². The van der Waals surface area contributed by atoms with Crippen molar-refractivity contribution in [2.75, 3.05) is 43.1 Å². The molecule has 0 radical (unpaired) electrons. The monoisotopic (exact) mass is 792 g/mol. The van der Waals surface area contributed by atoms with Gasteiger partial charge in [0, 0.05) is 67.1 Å². The average Bonchev–Trinajstić information content (AvgIpc) is 3.77. The molecule has 4 aromatic rings. The van der Waals surface area contributed by atoms with Gasteiger partial charge >= 0.3 is 12.5 Å². The van der Waals surface area contributed by atoms with E-state index in [1.54, 1.807) is 47.5 Å². The molecule has 0 aliphatic carbocycles. The number of anilines is 2. The number of methoxy groups -OCH3 is 1. The Kier molecular flexibility index (Phi) is 11.8. The Morgan fingerprint density at radius 1 is 1.04 bits per heavy atom. The molecule has 298 valence electrons. The summed E-state index contributed by atoms with van der Waals surface area (Å²) in [5, 5.41) is 8.65. The molecule has 0 spiro atoms. The highest BCUT2D eigenvalue weighted by Gasteiger charge is 2.45. The average molecular weight is 793 g/mol. The summed E-state index contributed by atoms with van der Waals surface area (Å²) in [5.74, 6) is -0.0449. The number of ether oxygens (including phenoxy) is 2. The van der Waals surface area contributed by atoms with Gasteiger partial charge in [0.05, 0.1) is 32.5 Å². The Balaban J connectivity index is 1.19. The number of amides is 3. The van der Waals surface area contributed by atoms with Crippen LogP contribution in [0.25, 0.3) is 22.4 Å². The van der Waals surface area contributed by atoms with Gasteiger partial charge in [-0.15, -0.1) is 13.2 Å². The molecule has 17 heteroatoms. The number of rotatable bonds is 10. The van der Waals surface area contributed by atoms with E-state index < -0.39 is 38.2 Å². The zero-order chi connectivity index (χ0) is 40.4. The second kappa shape index (κ2) is 16.4. The minimum atomic E-state index is -4.99. The van der Waals surface area contributed by atoms with Crippen LogP contribution in [0.1, 0.15) is 43.0 Å². The molecule has 2 aromatic heterocycles. The van der Waals surface area contributed by atoms with Gasteiger partial charge in [0.15, 0.2) is 0 Å². The minimum absolute atomic E-state index is 0.116. The Morgan fingerprint density at radius 3 is 2.41 bits per heavy atom. The number of halogens is 3. The normalized spacial score (nSPS) is 18.8. The summed E-state index contributed by atoms with van der Waals surface area (Å²) < 4.78 is 50.1. The van der Waals surface area contributed by atoms with Crippen molar-refractivity contribution in [3.63, 3.8) is 0 Å². The topological polar surface area (TPSA) is 154 Å². The number of alkyl carbamates (subject to hydrolysis) is 1. The van der Waals surface area contributed by atoms with Gasteiger partial charge in [-0.3, -0.25) is 9.59 Å². The number of carbonyl (C=O) groups is 3. The van der Waals surface area contributed by atoms with Crippen molar-refractivity contribution in [1.29, 1.82) is 0 Å². The first-order chi connectivity index (χ1) is 26.5. The van der Waals surface area contributed by atoms with Gasteiger partial charge in [-0.05, 0) is 48.7 Å². The first-order valence-corrected chi connectivity index (χ1v) is 21.9. The second-order valence-corrected chi connectivity index (χ2v) is 20.4. The third kappa shape index (κ3) is 9.33. The number of carbonyl (C=O) groups excluding carboxylic acids is 3. The van der Waals surface area contributed by atoms with Crippen LogP contribution in [-0.4, -0.2) is 97.2 Å². The standard InChI is InChI=1S/C39H47F3N8O5Si/c1-23(2)34(48-38(53)54-4)37(52)50-22-56(5,6)21-31(50)35-45-20-30(47-35)26-9-7-25(8-10-26)29-13-12-28(17-32(29)55-39(40,41)42)46-36(51)27-11-14-33(44-19-27)49-16-15-43-18-24(49)3/h7-14,17,19-20,23-24,31,34,43H,15-16,18,21-22H2,1-6H3,(H,45,47)(H,46,51)(H,48,53)/t24?,31?,34-/m0/s1. The van der Waals surface area contributed by atoms with E-state index in [0.717, 1.165) is 37.6 Å². The van der Waals surface area contributed by atoms with Gasteiger partial charge in [-0.2, -0.15) is 0 Å². The largest absolute Gasteiger partial charge is 0.573 e. The summed E-state index contributed by atoms with van der Waals surface area (Å²) >= 11 is 0. The van der Waals surface area contributed by atoms with E-state index in [-0.39, 0.29) is 40.7 Å². The molecule has 13 nitrogen and oxygen atoms in total. The number of nitrogens with one attached hydrogen (secondary N) is 4. The van der Waals surface area contributed by atoms with E-state index in [0.29, 0.717) is 28.8 Å². The third-order valence-electron chi connectivity index (χ3n) is 10.1. The van der Waals surface area contributed by atoms with Gasteiger partial charge in [-0.25, -0.2) is 14.8 Å². The number of piperazine rings is 1. The van der Waals surface area contributed by atoms with E-state index in [1.807, 2.05) is 13.8 Å². The lowest BCUT2D eigenvalue weighted by atomic mass is 10.0. The fourth-order valence-electron chi connectivity index (χ4n) is 7.22. The van der Waals surface area contributed by atoms with Crippen LogP contribution >= 0.6 is 0 Å². The molecule has 0 saturated carbocycles. The number of hydrogen-bond donors (Lipinski definition) is 4. The molecule has 3 atom stereocenters. The van der Waals surface area contributed by atoms with Gasteiger partial charge < -0.3 is 40.2 Å². The quantitative estimate of drug-likeness (QED) is 0.130. The lowest BCUT2D eigenvalue weighted by Gasteiger charge is -2.34. The van der Waals surface area contributed by atoms with Crippen molar-refractivity contribution < 1.29 is 37.0 Å². The van der Waals surface area contributed by atoms with E-state index in [9.17, 15) is 27.6 Å². The maximum atomic E-state index is 13.8. The molecule has 56 heavy (non-hydrogen) atoms. The summed E-state index contributed by atoms with van der Waals surface area (Å²) in [6.45, 7) is 12.6. The van der Waals surface area contributed by atoms with E-state index in [1.165, 1.54) is 25.4 Å². The third-order valence-corrected chi connectivity index (χ3v) is 12.8. The molecule has 2 aliphatic heterocycles. The number of hydrogen-bond acceptors (Lipinski definition) is 9. The Hall–Kier alpha value is -5.42. The molecule has 2 aliphatic rings. The van der Waals surface area contributed by atoms with Gasteiger partial charge in [-0.1, -0.05) is 51.2 Å². The van der Waals surface area contributed by atoms with Gasteiger partial charge in [0.25, 0.3) is 5.91 Å². The number of H-pyrrole nitrogens is 1. The van der Waals surface area contributed by atoms with Crippen molar-refractivity contribution in [3.05, 3.63) is 78.4 Å². The predicted molar refractivity (Wildman–Crippen MR) is 209 cm³/mol. The molecule has 2 fully saturated rings. The van der Waals surface area contributed by atoms with Crippen LogP contribution in [-0.2, 0) is 9.53 Å². The fraction of sp³-hybridized carbons (Fsp3) is 0.410. The molecular formula is C39H47F3N8O5Si. The molecule has 2 unspecified atom stereocenters. The first-order valence-electron chi connectivity index (χ1n) is 18.5. The molecule has 0 bridgehead atoms. The Morgan fingerprint density at radius 2 is 1.77 bits per heavy atom. The number of aromatic nitrogens is 3. The molecule has 3 amide bonds. The predicted octanol–water partition coefficient (Wildman–Crippen LogP) is 6.60. The van der Waals surface area contributed by atoms with Crippen LogP contribution in [0.2, 0.25) is 19.1 Å². The summed E-state index contributed by atoms with van der Waals surface area (Å²) in [5.41, 5.74) is 2.27. The Labute approximate surface area is 324 Å². The summed E-state index contributed by atoms with van der Waals surface area (Å²) in [6, 6.07) is 14.2. The molecule has 4 heterocycles. The SMILES string of the molecule is COC(=O)N[C@H](C(=O)N1C[Si](C)(C)CC1c1nc(-c2ccc(-c3ccc(NC(=O)c4ccc(N5CCNCC5C)nc4)cc3OC(F)(F)F)cc2)c[nH]1)C(C)C. The molecular weight excluding hydrogens is 746 g/mol. The smallest absolute Gasteiger partial charge is 0.453 e. The lowest BCUT2D eigenvalue weighted by molar-refractivity contribution is -0.274. The van der Waals surface area contributed by atoms with Crippen LogP contribution in [0, 0.1) is 5.92 Å². The fourth-order valence-corrected chi connectivity index (χ4v) is 10.1. The highest BCUT2D eigenvalue weighted by molar-refractivity contribution is 6.78. The van der Waals surface area contributed by atoms with E-state index in [2.05, 4.69) is 55.6 Å². The van der Waals surface area contributed by atoms with Crippen LogP contribution in [0.15, 0.2) is 67.0 Å².